The van der Waals surface area contributed by atoms with Gasteiger partial charge in [-0.25, -0.2) is 13.1 Å². The van der Waals surface area contributed by atoms with Crippen molar-refractivity contribution < 1.29 is 30.4 Å². The average molecular weight is 502 g/mol. The summed E-state index contributed by atoms with van der Waals surface area (Å²) in [5.41, 5.74) is 5.62. The molecule has 1 heterocycles. The van der Waals surface area contributed by atoms with Crippen LogP contribution < -0.4 is 10.5 Å². The second kappa shape index (κ2) is 8.12. The molecule has 0 radical (unpaired) electrons. The third kappa shape index (κ3) is 4.59. The van der Waals surface area contributed by atoms with Gasteiger partial charge in [0.2, 0.25) is 10.0 Å². The van der Waals surface area contributed by atoms with Crippen LogP contribution in [-0.2, 0) is 16.4 Å². The Hall–Kier alpha value is -2.08. The van der Waals surface area contributed by atoms with Crippen molar-refractivity contribution in [2.24, 2.45) is 0 Å². The molecule has 1 unspecified atom stereocenters. The number of halogens is 7. The number of anilines is 1. The molecule has 0 aliphatic carbocycles. The molecular weight excluding hydrogens is 488 g/mol. The van der Waals surface area contributed by atoms with E-state index >= 15 is 0 Å². The monoisotopic (exact) mass is 501 g/mol. The Labute approximate surface area is 183 Å². The third-order valence-corrected chi connectivity index (χ3v) is 6.73. The zero-order chi connectivity index (χ0) is 23.2. The molecule has 0 bridgehead atoms. The fraction of sp³-hybridized carbons (Fsp3) is 0.222. The molecule has 3 aromatic rings. The fourth-order valence-electron chi connectivity index (χ4n) is 3.07. The topological polar surface area (TPSA) is 88.0 Å². The zero-order valence-corrected chi connectivity index (χ0v) is 17.6. The van der Waals surface area contributed by atoms with Gasteiger partial charge >= 0.3 is 12.1 Å². The smallest absolute Gasteiger partial charge is 0.398 e. The van der Waals surface area contributed by atoms with Gasteiger partial charge in [-0.1, -0.05) is 41.4 Å². The predicted octanol–water partition coefficient (Wildman–Crippen LogP) is 5.14. The second-order valence-corrected chi connectivity index (χ2v) is 9.16. The van der Waals surface area contributed by atoms with Crippen LogP contribution in [-0.4, -0.2) is 31.5 Å². The lowest BCUT2D eigenvalue weighted by molar-refractivity contribution is -0.291. The SMILES string of the molecule is Nc1cc(Cl)cc(Cl)c1S(=O)(=O)NC(Cc1c[nH]c2ccccc12)C(F)(F)C(F)(F)F. The number of H-pyrrole nitrogens is 1. The van der Waals surface area contributed by atoms with Crippen molar-refractivity contribution in [2.75, 3.05) is 5.73 Å². The number of aromatic amines is 1. The van der Waals surface area contributed by atoms with Crippen LogP contribution in [0.3, 0.4) is 0 Å². The van der Waals surface area contributed by atoms with E-state index in [0.29, 0.717) is 10.9 Å². The summed E-state index contributed by atoms with van der Waals surface area (Å²) >= 11 is 11.5. The van der Waals surface area contributed by atoms with Crippen molar-refractivity contribution in [1.29, 1.82) is 0 Å². The van der Waals surface area contributed by atoms with Crippen molar-refractivity contribution in [1.82, 2.24) is 9.71 Å². The molecule has 0 amide bonds. The van der Waals surface area contributed by atoms with E-state index in [1.54, 1.807) is 18.2 Å². The number of nitrogens with two attached hydrogens (primary N) is 1. The Kier molecular flexibility index (Phi) is 6.18. The molecule has 2 aromatic carbocycles. The van der Waals surface area contributed by atoms with E-state index in [9.17, 15) is 30.4 Å². The highest BCUT2D eigenvalue weighted by atomic mass is 35.5. The molecule has 0 saturated carbocycles. The highest BCUT2D eigenvalue weighted by Gasteiger charge is 2.63. The highest BCUT2D eigenvalue weighted by molar-refractivity contribution is 7.89. The summed E-state index contributed by atoms with van der Waals surface area (Å²) in [6.45, 7) is 0. The number of fused-ring (bicyclic) bond motifs is 1. The lowest BCUT2D eigenvalue weighted by Gasteiger charge is -2.29. The molecule has 4 N–H and O–H groups in total. The minimum absolute atomic E-state index is 0.0441. The number of para-hydroxylation sites is 1. The Morgan fingerprint density at radius 2 is 1.74 bits per heavy atom. The summed E-state index contributed by atoms with van der Waals surface area (Å²) in [7, 11) is -4.99. The maximum atomic E-state index is 14.4. The number of sulfonamides is 1. The van der Waals surface area contributed by atoms with Crippen LogP contribution in [0.2, 0.25) is 10.0 Å². The molecule has 0 fully saturated rings. The first-order valence-corrected chi connectivity index (χ1v) is 10.7. The molecule has 0 aliphatic heterocycles. The normalized spacial score (nSPS) is 14.2. The van der Waals surface area contributed by atoms with Gasteiger partial charge < -0.3 is 10.7 Å². The average Bonchev–Trinajstić information content (AvgIpc) is 3.02. The Morgan fingerprint density at radius 3 is 2.35 bits per heavy atom. The summed E-state index contributed by atoms with van der Waals surface area (Å²) in [6.07, 6.45) is -5.76. The van der Waals surface area contributed by atoms with E-state index in [-0.39, 0.29) is 10.6 Å². The molecule has 3 rings (SSSR count). The number of alkyl halides is 5. The molecule has 13 heteroatoms. The van der Waals surface area contributed by atoms with E-state index in [0.717, 1.165) is 12.1 Å². The molecule has 0 spiro atoms. The number of benzene rings is 2. The lowest BCUT2D eigenvalue weighted by Crippen LogP contribution is -2.56. The van der Waals surface area contributed by atoms with Gasteiger partial charge in [-0.3, -0.25) is 0 Å². The predicted molar refractivity (Wildman–Crippen MR) is 108 cm³/mol. The van der Waals surface area contributed by atoms with Crippen LogP contribution >= 0.6 is 23.2 Å². The van der Waals surface area contributed by atoms with E-state index in [4.69, 9.17) is 28.9 Å². The van der Waals surface area contributed by atoms with Gasteiger partial charge in [-0.05, 0) is 30.2 Å². The summed E-state index contributed by atoms with van der Waals surface area (Å²) in [4.78, 5) is 1.90. The Bertz CT molecular complexity index is 1210. The van der Waals surface area contributed by atoms with Crippen LogP contribution in [0, 0.1) is 0 Å². The summed E-state index contributed by atoms with van der Waals surface area (Å²) in [5.74, 6) is -5.41. The quantitative estimate of drug-likeness (QED) is 0.322. The van der Waals surface area contributed by atoms with Gasteiger partial charge in [-0.2, -0.15) is 22.0 Å². The maximum absolute atomic E-state index is 14.4. The van der Waals surface area contributed by atoms with Crippen molar-refractivity contribution in [2.45, 2.75) is 29.5 Å². The molecule has 5 nitrogen and oxygen atoms in total. The lowest BCUT2D eigenvalue weighted by atomic mass is 10.0. The molecule has 0 saturated heterocycles. The molecule has 168 valence electrons. The van der Waals surface area contributed by atoms with Crippen molar-refractivity contribution in [3.05, 3.63) is 58.2 Å². The first-order chi connectivity index (χ1) is 14.2. The number of hydrogen-bond acceptors (Lipinski definition) is 3. The molecule has 31 heavy (non-hydrogen) atoms. The van der Waals surface area contributed by atoms with Crippen LogP contribution in [0.5, 0.6) is 0 Å². The van der Waals surface area contributed by atoms with E-state index in [1.807, 2.05) is 0 Å². The van der Waals surface area contributed by atoms with Crippen LogP contribution in [0.1, 0.15) is 5.56 Å². The van der Waals surface area contributed by atoms with Crippen LogP contribution in [0.25, 0.3) is 10.9 Å². The minimum Gasteiger partial charge on any atom is -0.398 e. The van der Waals surface area contributed by atoms with Gasteiger partial charge in [0.05, 0.1) is 16.8 Å². The van der Waals surface area contributed by atoms with E-state index in [1.165, 1.54) is 17.0 Å². The van der Waals surface area contributed by atoms with Gasteiger partial charge in [0.25, 0.3) is 0 Å². The number of hydrogen-bond donors (Lipinski definition) is 3. The van der Waals surface area contributed by atoms with Crippen LogP contribution in [0.15, 0.2) is 47.5 Å². The maximum Gasteiger partial charge on any atom is 0.454 e. The number of rotatable bonds is 6. The summed E-state index contributed by atoms with van der Waals surface area (Å²) in [5, 5.41) is -0.204. The first kappa shape index (κ1) is 23.6. The number of nitrogen functional groups attached to an aromatic ring is 1. The van der Waals surface area contributed by atoms with E-state index < -0.39 is 50.2 Å². The third-order valence-electron chi connectivity index (χ3n) is 4.52. The second-order valence-electron chi connectivity index (χ2n) is 6.66. The zero-order valence-electron chi connectivity index (χ0n) is 15.3. The number of nitrogens with one attached hydrogen (secondary N) is 2. The van der Waals surface area contributed by atoms with Crippen LogP contribution in [0.4, 0.5) is 27.6 Å². The number of aromatic nitrogens is 1. The van der Waals surface area contributed by atoms with Gasteiger partial charge in [0, 0.05) is 22.1 Å². The molecule has 1 atom stereocenters. The summed E-state index contributed by atoms with van der Waals surface area (Å²) < 4.78 is 95.1. The molecule has 1 aromatic heterocycles. The van der Waals surface area contributed by atoms with Crippen molar-refractivity contribution in [3.63, 3.8) is 0 Å². The van der Waals surface area contributed by atoms with Crippen molar-refractivity contribution in [3.8, 4) is 0 Å². The van der Waals surface area contributed by atoms with Crippen molar-refractivity contribution >= 4 is 49.8 Å². The molecule has 0 aliphatic rings. The largest absolute Gasteiger partial charge is 0.454 e. The standard InChI is InChI=1S/C18H14Cl2F5N3O2S/c19-10-6-12(20)16(13(26)7-10)31(29,30)28-15(17(21,22)18(23,24)25)5-9-8-27-14-4-2-1-3-11(9)14/h1-4,6-8,15,27-28H,5,26H2. The Morgan fingerprint density at radius 1 is 1.10 bits per heavy atom. The molecular formula is C18H14Cl2F5N3O2S. The Balaban J connectivity index is 2.07. The van der Waals surface area contributed by atoms with Gasteiger partial charge in [0.15, 0.2) is 0 Å². The first-order valence-electron chi connectivity index (χ1n) is 8.50. The van der Waals surface area contributed by atoms with Gasteiger partial charge in [0.1, 0.15) is 4.90 Å². The van der Waals surface area contributed by atoms with Gasteiger partial charge in [-0.15, -0.1) is 0 Å². The summed E-state index contributed by atoms with van der Waals surface area (Å²) in [6, 6.07) is 5.37. The highest BCUT2D eigenvalue weighted by Crippen LogP contribution is 2.41. The minimum atomic E-state index is -6.03. The fourth-order valence-corrected chi connectivity index (χ4v) is 5.29. The van der Waals surface area contributed by atoms with E-state index in [2.05, 4.69) is 4.98 Å².